The average molecular weight is 600 g/mol. The van der Waals surface area contributed by atoms with Gasteiger partial charge in [0.05, 0.1) is 5.56 Å². The van der Waals surface area contributed by atoms with E-state index in [-0.39, 0.29) is 17.2 Å². The van der Waals surface area contributed by atoms with Crippen molar-refractivity contribution in [2.45, 2.75) is 25.6 Å². The van der Waals surface area contributed by atoms with Crippen molar-refractivity contribution in [3.8, 4) is 11.1 Å². The Labute approximate surface area is 251 Å². The highest BCUT2D eigenvalue weighted by molar-refractivity contribution is 6.09. The van der Waals surface area contributed by atoms with Gasteiger partial charge in [0.25, 0.3) is 11.8 Å². The van der Waals surface area contributed by atoms with Crippen molar-refractivity contribution in [1.29, 1.82) is 0 Å². The molecule has 0 spiro atoms. The molecular weight excluding hydrogens is 571 g/mol. The summed E-state index contributed by atoms with van der Waals surface area (Å²) in [6.45, 7) is 2.39. The standard InChI is InChI=1S/C34H28F3N3O4/c1-2-18-38-33(43)30(22-8-4-3-5-9-22)40-32(42)29-20-23-19-25(16-17-28(23)44-29)39-31(41)27-11-7-6-10-26(27)21-12-14-24(15-13-21)34(35,36)37/h3-17,19-20,30H,2,18H2,1H3,(H,38,43)(H,39,41)(H,40,42). The molecular formula is C34H28F3N3O4. The number of rotatable bonds is 9. The summed E-state index contributed by atoms with van der Waals surface area (Å²) < 4.78 is 44.8. The third kappa shape index (κ3) is 6.81. The molecule has 0 saturated heterocycles. The largest absolute Gasteiger partial charge is 0.451 e. The second kappa shape index (κ2) is 12.9. The maximum absolute atomic E-state index is 13.3. The van der Waals surface area contributed by atoms with E-state index >= 15 is 0 Å². The van der Waals surface area contributed by atoms with Gasteiger partial charge in [-0.2, -0.15) is 13.2 Å². The molecule has 1 heterocycles. The van der Waals surface area contributed by atoms with E-state index < -0.39 is 29.6 Å². The molecule has 4 aromatic carbocycles. The highest BCUT2D eigenvalue weighted by Gasteiger charge is 2.30. The Hall–Kier alpha value is -5.38. The number of furan rings is 1. The number of alkyl halides is 3. The molecule has 1 aromatic heterocycles. The summed E-state index contributed by atoms with van der Waals surface area (Å²) in [6, 6.07) is 25.5. The molecule has 3 amide bonds. The minimum atomic E-state index is -4.46. The molecule has 1 atom stereocenters. The second-order valence-corrected chi connectivity index (χ2v) is 10.0. The van der Waals surface area contributed by atoms with Crippen molar-refractivity contribution < 1.29 is 32.0 Å². The number of carbonyl (C=O) groups excluding carboxylic acids is 3. The summed E-state index contributed by atoms with van der Waals surface area (Å²) in [5.74, 6) is -1.41. The SMILES string of the molecule is CCCNC(=O)C(NC(=O)c1cc2cc(NC(=O)c3ccccc3-c3ccc(C(F)(F)F)cc3)ccc2o1)c1ccccc1. The molecule has 1 unspecified atom stereocenters. The van der Waals surface area contributed by atoms with E-state index in [1.54, 1.807) is 66.7 Å². The van der Waals surface area contributed by atoms with E-state index in [1.165, 1.54) is 18.2 Å². The van der Waals surface area contributed by atoms with Crippen LogP contribution in [-0.4, -0.2) is 24.3 Å². The van der Waals surface area contributed by atoms with Gasteiger partial charge in [-0.15, -0.1) is 0 Å². The van der Waals surface area contributed by atoms with Crippen LogP contribution in [0.15, 0.2) is 108 Å². The van der Waals surface area contributed by atoms with Crippen LogP contribution >= 0.6 is 0 Å². The molecule has 0 radical (unpaired) electrons. The van der Waals surface area contributed by atoms with E-state index in [2.05, 4.69) is 16.0 Å². The Balaban J connectivity index is 1.34. The molecule has 5 aromatic rings. The van der Waals surface area contributed by atoms with E-state index in [4.69, 9.17) is 4.42 Å². The number of nitrogens with one attached hydrogen (secondary N) is 3. The number of hydrogen-bond donors (Lipinski definition) is 3. The third-order valence-corrected chi connectivity index (χ3v) is 6.91. The maximum Gasteiger partial charge on any atom is 0.416 e. The van der Waals surface area contributed by atoms with Crippen LogP contribution in [0.2, 0.25) is 0 Å². The Morgan fingerprint density at radius 2 is 1.52 bits per heavy atom. The Kier molecular flexibility index (Phi) is 8.80. The first-order valence-corrected chi connectivity index (χ1v) is 13.9. The molecule has 224 valence electrons. The molecule has 7 nitrogen and oxygen atoms in total. The molecule has 0 aliphatic rings. The number of halogens is 3. The lowest BCUT2D eigenvalue weighted by atomic mass is 9.98. The summed E-state index contributed by atoms with van der Waals surface area (Å²) in [6.07, 6.45) is -3.72. The molecule has 0 aliphatic carbocycles. The zero-order chi connectivity index (χ0) is 31.3. The van der Waals surface area contributed by atoms with Gasteiger partial charge < -0.3 is 20.4 Å². The monoisotopic (exact) mass is 599 g/mol. The van der Waals surface area contributed by atoms with Gasteiger partial charge in [0.1, 0.15) is 11.6 Å². The van der Waals surface area contributed by atoms with Crippen molar-refractivity contribution in [3.63, 3.8) is 0 Å². The lowest BCUT2D eigenvalue weighted by molar-refractivity contribution is -0.137. The van der Waals surface area contributed by atoms with Crippen molar-refractivity contribution in [2.24, 2.45) is 0 Å². The second-order valence-electron chi connectivity index (χ2n) is 10.0. The zero-order valence-corrected chi connectivity index (χ0v) is 23.6. The number of benzene rings is 4. The molecule has 5 rings (SSSR count). The van der Waals surface area contributed by atoms with Gasteiger partial charge in [-0.05, 0) is 65.6 Å². The van der Waals surface area contributed by atoms with Crippen LogP contribution in [0, 0.1) is 0 Å². The Morgan fingerprint density at radius 1 is 0.818 bits per heavy atom. The Morgan fingerprint density at radius 3 is 2.23 bits per heavy atom. The zero-order valence-electron chi connectivity index (χ0n) is 23.6. The van der Waals surface area contributed by atoms with Crippen LogP contribution in [0.3, 0.4) is 0 Å². The first-order chi connectivity index (χ1) is 21.1. The lowest BCUT2D eigenvalue weighted by Crippen LogP contribution is -2.40. The van der Waals surface area contributed by atoms with Gasteiger partial charge in [0, 0.05) is 23.2 Å². The molecule has 0 bridgehead atoms. The number of hydrogen-bond acceptors (Lipinski definition) is 4. The van der Waals surface area contributed by atoms with Crippen molar-refractivity contribution in [2.75, 3.05) is 11.9 Å². The first kappa shape index (κ1) is 30.1. The third-order valence-electron chi connectivity index (χ3n) is 6.91. The van der Waals surface area contributed by atoms with Crippen molar-refractivity contribution in [1.82, 2.24) is 10.6 Å². The fraction of sp³-hybridized carbons (Fsp3) is 0.147. The molecule has 44 heavy (non-hydrogen) atoms. The predicted molar refractivity (Wildman–Crippen MR) is 161 cm³/mol. The summed E-state index contributed by atoms with van der Waals surface area (Å²) in [5.41, 5.74) is 1.85. The minimum absolute atomic E-state index is 0.0136. The van der Waals surface area contributed by atoms with Crippen LogP contribution < -0.4 is 16.0 Å². The molecule has 0 saturated carbocycles. The van der Waals surface area contributed by atoms with E-state index in [0.717, 1.165) is 18.6 Å². The van der Waals surface area contributed by atoms with Gasteiger partial charge in [-0.3, -0.25) is 14.4 Å². The number of fused-ring (bicyclic) bond motifs is 1. The quantitative estimate of drug-likeness (QED) is 0.165. The Bertz CT molecular complexity index is 1800. The first-order valence-electron chi connectivity index (χ1n) is 13.9. The molecule has 3 N–H and O–H groups in total. The van der Waals surface area contributed by atoms with E-state index in [0.29, 0.717) is 39.9 Å². The van der Waals surface area contributed by atoms with Crippen LogP contribution in [0.1, 0.15) is 51.4 Å². The van der Waals surface area contributed by atoms with Crippen molar-refractivity contribution in [3.05, 3.63) is 126 Å². The van der Waals surface area contributed by atoms with Crippen molar-refractivity contribution >= 4 is 34.4 Å². The normalized spacial score (nSPS) is 12.0. The predicted octanol–water partition coefficient (Wildman–Crippen LogP) is 7.37. The highest BCUT2D eigenvalue weighted by atomic mass is 19.4. The maximum atomic E-state index is 13.3. The van der Waals surface area contributed by atoms with Gasteiger partial charge in [0.2, 0.25) is 5.91 Å². The van der Waals surface area contributed by atoms with Gasteiger partial charge in [-0.25, -0.2) is 0 Å². The summed E-state index contributed by atoms with van der Waals surface area (Å²) in [7, 11) is 0. The van der Waals surface area contributed by atoms with Crippen LogP contribution in [-0.2, 0) is 11.0 Å². The number of anilines is 1. The van der Waals surface area contributed by atoms with E-state index in [9.17, 15) is 27.6 Å². The smallest absolute Gasteiger partial charge is 0.416 e. The lowest BCUT2D eigenvalue weighted by Gasteiger charge is -2.18. The minimum Gasteiger partial charge on any atom is -0.451 e. The summed E-state index contributed by atoms with van der Waals surface area (Å²) >= 11 is 0. The topological polar surface area (TPSA) is 100 Å². The van der Waals surface area contributed by atoms with Crippen LogP contribution in [0.25, 0.3) is 22.1 Å². The average Bonchev–Trinajstić information content (AvgIpc) is 3.46. The molecule has 0 aliphatic heterocycles. The summed E-state index contributed by atoms with van der Waals surface area (Å²) in [4.78, 5) is 39.3. The number of amides is 3. The highest BCUT2D eigenvalue weighted by Crippen LogP contribution is 2.32. The summed E-state index contributed by atoms with van der Waals surface area (Å²) in [5, 5.41) is 8.90. The van der Waals surface area contributed by atoms with Gasteiger partial charge in [0.15, 0.2) is 5.76 Å². The molecule has 10 heteroatoms. The van der Waals surface area contributed by atoms with Gasteiger partial charge in [-0.1, -0.05) is 67.6 Å². The fourth-order valence-electron chi connectivity index (χ4n) is 4.70. The molecule has 0 fully saturated rings. The van der Waals surface area contributed by atoms with Crippen LogP contribution in [0.5, 0.6) is 0 Å². The fourth-order valence-corrected chi connectivity index (χ4v) is 4.70. The number of carbonyl (C=O) groups is 3. The van der Waals surface area contributed by atoms with Crippen LogP contribution in [0.4, 0.5) is 18.9 Å². The van der Waals surface area contributed by atoms with E-state index in [1.807, 2.05) is 13.0 Å². The van der Waals surface area contributed by atoms with Gasteiger partial charge >= 0.3 is 6.18 Å².